The summed E-state index contributed by atoms with van der Waals surface area (Å²) in [4.78, 5) is 60.5. The zero-order valence-corrected chi connectivity index (χ0v) is 33.8. The molecule has 54 heavy (non-hydrogen) atoms. The summed E-state index contributed by atoms with van der Waals surface area (Å²) in [6.07, 6.45) is 3.77. The monoisotopic (exact) mass is 805 g/mol. The highest BCUT2D eigenvalue weighted by atomic mass is 79.9. The third kappa shape index (κ3) is 8.53. The molecule has 11 heteroatoms. The van der Waals surface area contributed by atoms with Crippen LogP contribution in [0.1, 0.15) is 77.5 Å². The molecule has 3 aliphatic heterocycles. The van der Waals surface area contributed by atoms with Crippen LogP contribution in [-0.2, 0) is 35.1 Å². The number of nitrogens with one attached hydrogen (secondary N) is 1. The quantitative estimate of drug-likeness (QED) is 0.115. The largest absolute Gasteiger partial charge is 0.455 e. The number of nitrogens with zero attached hydrogens (tertiary/aromatic N) is 2. The average molecular weight is 807 g/mol. The zero-order valence-electron chi connectivity index (χ0n) is 32.2. The molecule has 292 valence electrons. The Balaban J connectivity index is 1.56. The Hall–Kier alpha value is -3.80. The highest BCUT2D eigenvalue weighted by molar-refractivity contribution is 9.09. The molecule has 2 aromatic rings. The first-order chi connectivity index (χ1) is 25.6. The van der Waals surface area contributed by atoms with Crippen LogP contribution in [0.15, 0.2) is 86.0 Å². The number of carbonyl (C=O) groups excluding carboxylic acids is 4. The topological polar surface area (TPSA) is 125 Å². The van der Waals surface area contributed by atoms with Gasteiger partial charge in [0, 0.05) is 23.3 Å². The molecule has 2 bridgehead atoms. The molecule has 1 spiro atoms. The second-order valence-corrected chi connectivity index (χ2v) is 17.9. The molecule has 10 nitrogen and oxygen atoms in total. The first-order valence-corrected chi connectivity index (χ1v) is 19.8. The van der Waals surface area contributed by atoms with Crippen LogP contribution in [0, 0.1) is 17.3 Å². The molecule has 0 aromatic heterocycles. The van der Waals surface area contributed by atoms with Gasteiger partial charge in [-0.15, -0.1) is 13.2 Å². The number of rotatable bonds is 17. The molecule has 8 atom stereocenters. The minimum absolute atomic E-state index is 0.0295. The maximum Gasteiger partial charge on any atom is 0.313 e. The fourth-order valence-electron chi connectivity index (χ4n) is 9.09. The van der Waals surface area contributed by atoms with Crippen LogP contribution in [0.5, 0.6) is 0 Å². The summed E-state index contributed by atoms with van der Waals surface area (Å²) in [6, 6.07) is 16.8. The van der Waals surface area contributed by atoms with Crippen molar-refractivity contribution in [3.05, 3.63) is 97.1 Å². The van der Waals surface area contributed by atoms with E-state index < -0.39 is 65.8 Å². The van der Waals surface area contributed by atoms with E-state index in [0.717, 1.165) is 5.56 Å². The molecule has 3 heterocycles. The number of alkyl halides is 1. The van der Waals surface area contributed by atoms with Crippen LogP contribution in [0.3, 0.4) is 0 Å². The van der Waals surface area contributed by atoms with Crippen LogP contribution in [0.25, 0.3) is 0 Å². The van der Waals surface area contributed by atoms with E-state index in [-0.39, 0.29) is 41.6 Å². The zero-order chi connectivity index (χ0) is 39.4. The molecular formula is C43H56BrN3O7. The second-order valence-electron chi connectivity index (χ2n) is 16.7. The van der Waals surface area contributed by atoms with Gasteiger partial charge >= 0.3 is 5.97 Å². The number of likely N-dealkylation sites (tertiary alicyclic amines) is 1. The van der Waals surface area contributed by atoms with Gasteiger partial charge in [0.15, 0.2) is 0 Å². The summed E-state index contributed by atoms with van der Waals surface area (Å²) >= 11 is 3.77. The number of benzene rings is 2. The normalized spacial score (nSPS) is 25.8. The average Bonchev–Trinajstić information content (AvgIpc) is 3.72. The fourth-order valence-corrected chi connectivity index (χ4v) is 10.0. The van der Waals surface area contributed by atoms with E-state index in [2.05, 4.69) is 55.2 Å². The van der Waals surface area contributed by atoms with E-state index >= 15 is 9.59 Å². The van der Waals surface area contributed by atoms with Crippen molar-refractivity contribution in [1.82, 2.24) is 15.1 Å². The fraction of sp³-hybridized carbons (Fsp3) is 0.535. The first kappa shape index (κ1) is 41.4. The molecule has 3 fully saturated rings. The van der Waals surface area contributed by atoms with Gasteiger partial charge in [0.05, 0.1) is 37.1 Å². The molecule has 2 N–H and O–H groups in total. The lowest BCUT2D eigenvalue weighted by Gasteiger charge is -2.46. The molecule has 1 unspecified atom stereocenters. The minimum atomic E-state index is -1.38. The lowest BCUT2D eigenvalue weighted by Crippen LogP contribution is -2.63. The SMILES string of the molecule is C=CCCC(=O)NC[C@@H](OC(=O)[C@H]1[C@@H]2O[C@@]3(CC2Br)[C@@H]1C(=O)N([C@@H](CO)Cc1ccccc1)[C@@H]3C(=O)N(CC=C)C(C)(C)CC(C)(C)C)c1ccccc1. The Kier molecular flexibility index (Phi) is 13.0. The summed E-state index contributed by atoms with van der Waals surface area (Å²) in [5.41, 5.74) is -0.584. The van der Waals surface area contributed by atoms with Gasteiger partial charge in [0.1, 0.15) is 17.7 Å². The molecule has 3 amide bonds. The van der Waals surface area contributed by atoms with Crippen molar-refractivity contribution in [3.8, 4) is 0 Å². The number of hydrogen-bond donors (Lipinski definition) is 2. The predicted octanol–water partition coefficient (Wildman–Crippen LogP) is 5.93. The Labute approximate surface area is 328 Å². The predicted molar refractivity (Wildman–Crippen MR) is 211 cm³/mol. The van der Waals surface area contributed by atoms with E-state index in [1.807, 2.05) is 74.5 Å². The number of amides is 3. The molecule has 0 radical (unpaired) electrons. The number of hydrogen-bond acceptors (Lipinski definition) is 7. The van der Waals surface area contributed by atoms with Crippen LogP contribution < -0.4 is 5.32 Å². The van der Waals surface area contributed by atoms with Crippen molar-refractivity contribution in [2.24, 2.45) is 17.3 Å². The van der Waals surface area contributed by atoms with E-state index in [1.54, 1.807) is 17.1 Å². The molecular weight excluding hydrogens is 750 g/mol. The third-order valence-corrected chi connectivity index (χ3v) is 11.8. The number of carbonyl (C=O) groups is 4. The van der Waals surface area contributed by atoms with Gasteiger partial charge in [-0.25, -0.2) is 0 Å². The summed E-state index contributed by atoms with van der Waals surface area (Å²) in [5.74, 6) is -3.68. The van der Waals surface area contributed by atoms with Crippen molar-refractivity contribution in [2.45, 2.75) is 107 Å². The second kappa shape index (κ2) is 16.9. The van der Waals surface area contributed by atoms with Gasteiger partial charge in [-0.3, -0.25) is 19.2 Å². The molecule has 3 saturated heterocycles. The molecule has 5 rings (SSSR count). The number of esters is 1. The number of halogens is 1. The number of aliphatic hydroxyl groups is 1. The van der Waals surface area contributed by atoms with Crippen molar-refractivity contribution < 1.29 is 33.8 Å². The maximum absolute atomic E-state index is 15.3. The van der Waals surface area contributed by atoms with E-state index in [4.69, 9.17) is 9.47 Å². The molecule has 0 aliphatic carbocycles. The van der Waals surface area contributed by atoms with Crippen LogP contribution in [-0.4, -0.2) is 92.4 Å². The first-order valence-electron chi connectivity index (χ1n) is 18.9. The van der Waals surface area contributed by atoms with Crippen LogP contribution >= 0.6 is 15.9 Å². The Morgan fingerprint density at radius 3 is 2.31 bits per heavy atom. The van der Waals surface area contributed by atoms with Gasteiger partial charge in [0.25, 0.3) is 0 Å². The number of ether oxygens (including phenoxy) is 2. The number of aliphatic hydroxyl groups excluding tert-OH is 1. The van der Waals surface area contributed by atoms with Crippen molar-refractivity contribution >= 4 is 39.6 Å². The lowest BCUT2D eigenvalue weighted by atomic mass is 9.70. The van der Waals surface area contributed by atoms with Crippen LogP contribution in [0.4, 0.5) is 0 Å². The van der Waals surface area contributed by atoms with E-state index in [0.29, 0.717) is 31.2 Å². The molecule has 3 aliphatic rings. The Morgan fingerprint density at radius 1 is 1.07 bits per heavy atom. The Morgan fingerprint density at radius 2 is 1.72 bits per heavy atom. The smallest absolute Gasteiger partial charge is 0.313 e. The van der Waals surface area contributed by atoms with Gasteiger partial charge in [-0.2, -0.15) is 0 Å². The summed E-state index contributed by atoms with van der Waals surface area (Å²) in [5, 5.41) is 13.8. The van der Waals surface area contributed by atoms with Gasteiger partial charge in [-0.05, 0) is 56.1 Å². The molecule has 2 aromatic carbocycles. The lowest BCUT2D eigenvalue weighted by molar-refractivity contribution is -0.161. The number of fused-ring (bicyclic) bond motifs is 1. The minimum Gasteiger partial charge on any atom is -0.455 e. The Bertz CT molecular complexity index is 1680. The van der Waals surface area contributed by atoms with E-state index in [1.165, 1.54) is 4.90 Å². The van der Waals surface area contributed by atoms with Crippen molar-refractivity contribution in [2.75, 3.05) is 19.7 Å². The maximum atomic E-state index is 15.3. The van der Waals surface area contributed by atoms with E-state index in [9.17, 15) is 14.7 Å². The number of allylic oxidation sites excluding steroid dienone is 1. The van der Waals surface area contributed by atoms with Gasteiger partial charge in [0.2, 0.25) is 17.7 Å². The summed E-state index contributed by atoms with van der Waals surface area (Å²) < 4.78 is 13.1. The van der Waals surface area contributed by atoms with Crippen molar-refractivity contribution in [3.63, 3.8) is 0 Å². The highest BCUT2D eigenvalue weighted by Gasteiger charge is 2.78. The summed E-state index contributed by atoms with van der Waals surface area (Å²) in [7, 11) is 0. The van der Waals surface area contributed by atoms with Crippen molar-refractivity contribution in [1.29, 1.82) is 0 Å². The summed E-state index contributed by atoms with van der Waals surface area (Å²) in [6.45, 7) is 17.9. The standard InChI is InChI=1S/C43H56BrN3O7/c1-8-10-21-33(49)45-25-32(29-19-15-12-16-20-29)53-40(52)34-35-38(50)47(30(26-48)23-28-17-13-11-14-18-28)37(43(35)24-31(44)36(34)54-43)39(51)46(22-9-2)42(6,7)27-41(3,4)5/h8-9,11-20,30-32,34-37,48H,1-2,10,21-27H2,3-7H3,(H,45,49)/t30-,31?,32-,34-,35+,36-,37-,43+/m1/s1. The molecule has 0 saturated carbocycles. The third-order valence-electron chi connectivity index (χ3n) is 10.9. The van der Waals surface area contributed by atoms with Crippen LogP contribution in [0.2, 0.25) is 0 Å². The van der Waals surface area contributed by atoms with Gasteiger partial charge < -0.3 is 29.7 Å². The highest BCUT2D eigenvalue weighted by Crippen LogP contribution is 2.61. The van der Waals surface area contributed by atoms with Gasteiger partial charge in [-0.1, -0.05) is 110 Å².